The Morgan fingerprint density at radius 3 is 2.77 bits per heavy atom. The summed E-state index contributed by atoms with van der Waals surface area (Å²) < 4.78 is 12.9. The van der Waals surface area contributed by atoms with Crippen LogP contribution in [0.1, 0.15) is 11.3 Å². The van der Waals surface area contributed by atoms with Crippen molar-refractivity contribution >= 4 is 11.6 Å². The number of pyridine rings is 1. The average molecular weight is 299 g/mol. The molecule has 114 valence electrons. The Hall–Kier alpha value is -2.56. The van der Waals surface area contributed by atoms with Crippen LogP contribution in [0.4, 0.5) is 5.69 Å². The summed E-state index contributed by atoms with van der Waals surface area (Å²) in [5, 5.41) is 2.89. The summed E-state index contributed by atoms with van der Waals surface area (Å²) in [6.07, 6.45) is 1.91. The number of hydrogen-bond acceptors (Lipinski definition) is 3. The minimum atomic E-state index is -0.0737. The molecule has 1 amide bonds. The van der Waals surface area contributed by atoms with Gasteiger partial charge in [0.15, 0.2) is 23.4 Å². The van der Waals surface area contributed by atoms with Crippen LogP contribution in [0.2, 0.25) is 0 Å². The van der Waals surface area contributed by atoms with Crippen molar-refractivity contribution < 1.29 is 18.8 Å². The summed E-state index contributed by atoms with van der Waals surface area (Å²) in [6, 6.07) is 9.40. The molecule has 1 aromatic heterocycles. The van der Waals surface area contributed by atoms with E-state index in [1.165, 1.54) is 0 Å². The fourth-order valence-electron chi connectivity index (χ4n) is 2.40. The number of carbonyl (C=O) groups excluding carboxylic acids is 1. The van der Waals surface area contributed by atoms with Gasteiger partial charge in [0.1, 0.15) is 13.2 Å². The summed E-state index contributed by atoms with van der Waals surface area (Å²) in [7, 11) is 0. The Kier molecular flexibility index (Phi) is 3.96. The van der Waals surface area contributed by atoms with Gasteiger partial charge >= 0.3 is 0 Å². The van der Waals surface area contributed by atoms with E-state index in [0.717, 1.165) is 11.3 Å². The number of fused-ring (bicyclic) bond motifs is 1. The molecule has 0 saturated heterocycles. The molecule has 1 N–H and O–H groups in total. The van der Waals surface area contributed by atoms with Crippen molar-refractivity contribution in [1.29, 1.82) is 0 Å². The number of nitrogens with one attached hydrogen (secondary N) is 1. The third kappa shape index (κ3) is 3.03. The maximum absolute atomic E-state index is 12.2. The summed E-state index contributed by atoms with van der Waals surface area (Å²) in [5.41, 5.74) is 2.95. The van der Waals surface area contributed by atoms with Crippen molar-refractivity contribution in [3.05, 3.63) is 47.8 Å². The summed E-state index contributed by atoms with van der Waals surface area (Å²) in [5.74, 6) is 1.31. The highest BCUT2D eigenvalue weighted by Crippen LogP contribution is 2.32. The standard InChI is InChI=1S/C17H18N2O3/c1-12-4-3-7-19(13(12)2)11-17(20)18-14-5-6-15-16(10-14)22-9-8-21-15/h3-7,10H,8-9,11H2,1-2H3/p+1. The Balaban J connectivity index is 1.70. The third-order valence-electron chi connectivity index (χ3n) is 3.75. The number of ether oxygens (including phenoxy) is 2. The number of hydrogen-bond donors (Lipinski definition) is 1. The molecule has 0 spiro atoms. The molecule has 0 saturated carbocycles. The number of aromatic nitrogens is 1. The highest BCUT2D eigenvalue weighted by molar-refractivity contribution is 5.90. The smallest absolute Gasteiger partial charge is 0.290 e. The second-order valence-corrected chi connectivity index (χ2v) is 5.31. The largest absolute Gasteiger partial charge is 0.486 e. The van der Waals surface area contributed by atoms with Gasteiger partial charge in [0.2, 0.25) is 6.54 Å². The van der Waals surface area contributed by atoms with Crippen molar-refractivity contribution in [2.75, 3.05) is 18.5 Å². The van der Waals surface area contributed by atoms with Crippen molar-refractivity contribution in [3.8, 4) is 11.5 Å². The molecule has 0 fully saturated rings. The van der Waals surface area contributed by atoms with Crippen molar-refractivity contribution in [2.24, 2.45) is 0 Å². The van der Waals surface area contributed by atoms with Gasteiger partial charge in [-0.25, -0.2) is 0 Å². The zero-order valence-electron chi connectivity index (χ0n) is 12.8. The van der Waals surface area contributed by atoms with Crippen molar-refractivity contribution in [3.63, 3.8) is 0 Å². The molecule has 0 radical (unpaired) electrons. The van der Waals surface area contributed by atoms with Gasteiger partial charge in [-0.2, -0.15) is 4.57 Å². The maximum atomic E-state index is 12.2. The second-order valence-electron chi connectivity index (χ2n) is 5.31. The second kappa shape index (κ2) is 6.05. The molecule has 1 aliphatic rings. The van der Waals surface area contributed by atoms with E-state index in [1.54, 1.807) is 6.07 Å². The van der Waals surface area contributed by atoms with Gasteiger partial charge in [0.05, 0.1) is 0 Å². The van der Waals surface area contributed by atoms with E-state index in [0.29, 0.717) is 30.4 Å². The third-order valence-corrected chi connectivity index (χ3v) is 3.75. The van der Waals surface area contributed by atoms with E-state index in [9.17, 15) is 4.79 Å². The van der Waals surface area contributed by atoms with Crippen LogP contribution in [0.5, 0.6) is 11.5 Å². The first kappa shape index (κ1) is 14.4. The number of nitrogens with zero attached hydrogens (tertiary/aromatic N) is 1. The maximum Gasteiger partial charge on any atom is 0.290 e. The Bertz CT molecular complexity index is 713. The first-order valence-corrected chi connectivity index (χ1v) is 7.28. The molecule has 2 heterocycles. The molecular weight excluding hydrogens is 280 g/mol. The van der Waals surface area contributed by atoms with E-state index >= 15 is 0 Å². The number of benzene rings is 1. The fourth-order valence-corrected chi connectivity index (χ4v) is 2.40. The zero-order valence-corrected chi connectivity index (χ0v) is 12.8. The molecule has 3 rings (SSSR count). The molecule has 5 nitrogen and oxygen atoms in total. The van der Waals surface area contributed by atoms with Crippen LogP contribution in [0.3, 0.4) is 0 Å². The van der Waals surface area contributed by atoms with Crippen LogP contribution >= 0.6 is 0 Å². The normalized spacial score (nSPS) is 12.8. The van der Waals surface area contributed by atoms with E-state index in [4.69, 9.17) is 9.47 Å². The molecule has 2 aromatic rings. The highest BCUT2D eigenvalue weighted by Gasteiger charge is 2.16. The first-order chi connectivity index (χ1) is 10.6. The molecule has 22 heavy (non-hydrogen) atoms. The van der Waals surface area contributed by atoms with Crippen LogP contribution in [0, 0.1) is 13.8 Å². The molecule has 5 heteroatoms. The molecular formula is C17H19N2O3+. The molecule has 0 aliphatic carbocycles. The van der Waals surface area contributed by atoms with Gasteiger partial charge in [0, 0.05) is 30.3 Å². The quantitative estimate of drug-likeness (QED) is 0.882. The lowest BCUT2D eigenvalue weighted by molar-refractivity contribution is -0.690. The van der Waals surface area contributed by atoms with E-state index in [2.05, 4.69) is 5.32 Å². The van der Waals surface area contributed by atoms with Crippen LogP contribution in [-0.2, 0) is 11.3 Å². The van der Waals surface area contributed by atoms with Crippen molar-refractivity contribution in [2.45, 2.75) is 20.4 Å². The lowest BCUT2D eigenvalue weighted by atomic mass is 10.2. The summed E-state index contributed by atoms with van der Waals surface area (Å²) in [4.78, 5) is 12.2. The lowest BCUT2D eigenvalue weighted by Crippen LogP contribution is -2.43. The van der Waals surface area contributed by atoms with Crippen LogP contribution in [0.15, 0.2) is 36.5 Å². The summed E-state index contributed by atoms with van der Waals surface area (Å²) >= 11 is 0. The Morgan fingerprint density at radius 1 is 1.18 bits per heavy atom. The van der Waals surface area contributed by atoms with Crippen molar-refractivity contribution in [1.82, 2.24) is 0 Å². The Morgan fingerprint density at radius 2 is 1.95 bits per heavy atom. The van der Waals surface area contributed by atoms with Gasteiger partial charge in [-0.15, -0.1) is 0 Å². The topological polar surface area (TPSA) is 51.4 Å². The van der Waals surface area contributed by atoms with E-state index in [-0.39, 0.29) is 12.5 Å². The number of carbonyl (C=O) groups is 1. The molecule has 0 atom stereocenters. The molecule has 0 unspecified atom stereocenters. The lowest BCUT2D eigenvalue weighted by Gasteiger charge is -2.18. The number of amides is 1. The van der Waals surface area contributed by atoms with Crippen LogP contribution in [-0.4, -0.2) is 19.1 Å². The molecule has 1 aliphatic heterocycles. The van der Waals surface area contributed by atoms with E-state index < -0.39 is 0 Å². The Labute approximate surface area is 129 Å². The highest BCUT2D eigenvalue weighted by atomic mass is 16.6. The predicted octanol–water partition coefficient (Wildman–Crippen LogP) is 2.00. The SMILES string of the molecule is Cc1ccc[n+](CC(=O)Nc2ccc3c(c2)OCCO3)c1C. The zero-order chi connectivity index (χ0) is 15.5. The van der Waals surface area contributed by atoms with Gasteiger partial charge in [-0.1, -0.05) is 0 Å². The fraction of sp³-hybridized carbons (Fsp3) is 0.294. The number of anilines is 1. The predicted molar refractivity (Wildman–Crippen MR) is 82.2 cm³/mol. The number of rotatable bonds is 3. The minimum Gasteiger partial charge on any atom is -0.486 e. The van der Waals surface area contributed by atoms with Crippen LogP contribution in [0.25, 0.3) is 0 Å². The van der Waals surface area contributed by atoms with Crippen LogP contribution < -0.4 is 19.4 Å². The summed E-state index contributed by atoms with van der Waals surface area (Å²) in [6.45, 7) is 5.41. The first-order valence-electron chi connectivity index (χ1n) is 7.28. The van der Waals surface area contributed by atoms with E-state index in [1.807, 2.05) is 48.9 Å². The van der Waals surface area contributed by atoms with Gasteiger partial charge in [-0.3, -0.25) is 4.79 Å². The van der Waals surface area contributed by atoms with Gasteiger partial charge in [0.25, 0.3) is 5.91 Å². The average Bonchev–Trinajstić information content (AvgIpc) is 2.52. The van der Waals surface area contributed by atoms with Gasteiger partial charge < -0.3 is 14.8 Å². The monoisotopic (exact) mass is 299 g/mol. The van der Waals surface area contributed by atoms with Gasteiger partial charge in [-0.05, 0) is 25.1 Å². The molecule has 1 aromatic carbocycles. The molecule has 0 bridgehead atoms. The number of aryl methyl sites for hydroxylation is 1. The minimum absolute atomic E-state index is 0.0737.